The van der Waals surface area contributed by atoms with Crippen LogP contribution >= 0.6 is 15.9 Å². The van der Waals surface area contributed by atoms with E-state index in [0.29, 0.717) is 0 Å². The normalized spacial score (nSPS) is 20.8. The lowest BCUT2D eigenvalue weighted by Crippen LogP contribution is -2.46. The SMILES string of the molecule is CC1CN(c2nc(-c3ccccc3)c3cc(Br)ccc3n2)CC(C)O1. The Morgan fingerprint density at radius 3 is 2.44 bits per heavy atom. The lowest BCUT2D eigenvalue weighted by atomic mass is 10.1. The van der Waals surface area contributed by atoms with Gasteiger partial charge in [-0.05, 0) is 32.0 Å². The molecule has 2 aromatic carbocycles. The van der Waals surface area contributed by atoms with Gasteiger partial charge in [0, 0.05) is 28.5 Å². The predicted octanol–water partition coefficient (Wildman–Crippen LogP) is 4.67. The summed E-state index contributed by atoms with van der Waals surface area (Å²) >= 11 is 3.57. The number of fused-ring (bicyclic) bond motifs is 1. The van der Waals surface area contributed by atoms with Crippen LogP contribution in [0.3, 0.4) is 0 Å². The monoisotopic (exact) mass is 397 g/mol. The summed E-state index contributed by atoms with van der Waals surface area (Å²) in [6.45, 7) is 5.80. The van der Waals surface area contributed by atoms with Crippen LogP contribution in [0.4, 0.5) is 5.95 Å². The third-order valence-electron chi connectivity index (χ3n) is 4.40. The summed E-state index contributed by atoms with van der Waals surface area (Å²) < 4.78 is 6.88. The van der Waals surface area contributed by atoms with Crippen molar-refractivity contribution in [2.75, 3.05) is 18.0 Å². The van der Waals surface area contributed by atoms with Crippen molar-refractivity contribution in [1.29, 1.82) is 0 Å². The molecule has 0 bridgehead atoms. The maximum Gasteiger partial charge on any atom is 0.226 e. The zero-order valence-corrected chi connectivity index (χ0v) is 15.9. The molecule has 0 radical (unpaired) electrons. The fourth-order valence-electron chi connectivity index (χ4n) is 3.39. The zero-order valence-electron chi connectivity index (χ0n) is 14.3. The third-order valence-corrected chi connectivity index (χ3v) is 4.89. The van der Waals surface area contributed by atoms with Gasteiger partial charge in [-0.15, -0.1) is 0 Å². The van der Waals surface area contributed by atoms with Gasteiger partial charge in [-0.1, -0.05) is 46.3 Å². The molecule has 0 amide bonds. The van der Waals surface area contributed by atoms with Crippen molar-refractivity contribution < 1.29 is 4.74 Å². The molecule has 0 saturated carbocycles. The molecular weight excluding hydrogens is 378 g/mol. The van der Waals surface area contributed by atoms with Crippen LogP contribution in [-0.2, 0) is 4.74 Å². The molecule has 0 spiro atoms. The highest BCUT2D eigenvalue weighted by molar-refractivity contribution is 9.10. The Balaban J connectivity index is 1.88. The number of hydrogen-bond donors (Lipinski definition) is 0. The van der Waals surface area contributed by atoms with Gasteiger partial charge in [0.1, 0.15) is 0 Å². The van der Waals surface area contributed by atoms with Gasteiger partial charge in [0.25, 0.3) is 0 Å². The average Bonchev–Trinajstić information content (AvgIpc) is 2.61. The number of hydrogen-bond acceptors (Lipinski definition) is 4. The lowest BCUT2D eigenvalue weighted by molar-refractivity contribution is -0.00569. The summed E-state index contributed by atoms with van der Waals surface area (Å²) in [7, 11) is 0. The van der Waals surface area contributed by atoms with Crippen LogP contribution in [0, 0.1) is 0 Å². The minimum Gasteiger partial charge on any atom is -0.372 e. The number of anilines is 1. The van der Waals surface area contributed by atoms with Crippen molar-refractivity contribution in [3.8, 4) is 11.3 Å². The van der Waals surface area contributed by atoms with Gasteiger partial charge in [-0.25, -0.2) is 9.97 Å². The molecule has 2 heterocycles. The van der Waals surface area contributed by atoms with Gasteiger partial charge >= 0.3 is 0 Å². The number of morpholine rings is 1. The number of ether oxygens (including phenoxy) is 1. The Morgan fingerprint density at radius 1 is 1.00 bits per heavy atom. The summed E-state index contributed by atoms with van der Waals surface area (Å²) in [6.07, 6.45) is 0.348. The van der Waals surface area contributed by atoms with Crippen LogP contribution in [0.2, 0.25) is 0 Å². The van der Waals surface area contributed by atoms with Crippen LogP contribution in [0.1, 0.15) is 13.8 Å². The summed E-state index contributed by atoms with van der Waals surface area (Å²) in [5.74, 6) is 0.774. The second-order valence-electron chi connectivity index (χ2n) is 6.56. The van der Waals surface area contributed by atoms with E-state index in [0.717, 1.165) is 45.7 Å². The first-order valence-corrected chi connectivity index (χ1v) is 9.32. The number of halogens is 1. The maximum atomic E-state index is 5.85. The van der Waals surface area contributed by atoms with E-state index in [2.05, 4.69) is 52.9 Å². The van der Waals surface area contributed by atoms with E-state index in [9.17, 15) is 0 Å². The van der Waals surface area contributed by atoms with E-state index in [1.807, 2.05) is 30.3 Å². The van der Waals surface area contributed by atoms with Crippen LogP contribution in [0.5, 0.6) is 0 Å². The largest absolute Gasteiger partial charge is 0.372 e. The minimum atomic E-state index is 0.174. The standard InChI is InChI=1S/C20H20BrN3O/c1-13-11-24(12-14(2)25-13)20-22-18-9-8-16(21)10-17(18)19(23-20)15-6-4-3-5-7-15/h3-10,13-14H,11-12H2,1-2H3. The second kappa shape index (κ2) is 6.73. The fourth-order valence-corrected chi connectivity index (χ4v) is 3.75. The summed E-state index contributed by atoms with van der Waals surface area (Å²) in [6, 6.07) is 16.5. The van der Waals surface area contributed by atoms with E-state index < -0.39 is 0 Å². The predicted molar refractivity (Wildman–Crippen MR) is 105 cm³/mol. The van der Waals surface area contributed by atoms with Gasteiger partial charge in [0.05, 0.1) is 23.4 Å². The number of nitrogens with zero attached hydrogens (tertiary/aromatic N) is 3. The summed E-state index contributed by atoms with van der Waals surface area (Å²) in [5.41, 5.74) is 3.02. The molecule has 5 heteroatoms. The topological polar surface area (TPSA) is 38.2 Å². The molecule has 3 aromatic rings. The fraction of sp³-hybridized carbons (Fsp3) is 0.300. The van der Waals surface area contributed by atoms with Crippen molar-refractivity contribution in [3.63, 3.8) is 0 Å². The molecule has 2 atom stereocenters. The highest BCUT2D eigenvalue weighted by Gasteiger charge is 2.25. The zero-order chi connectivity index (χ0) is 17.4. The molecule has 128 valence electrons. The van der Waals surface area contributed by atoms with Crippen LogP contribution in [-0.4, -0.2) is 35.3 Å². The van der Waals surface area contributed by atoms with Gasteiger partial charge in [-0.2, -0.15) is 0 Å². The van der Waals surface area contributed by atoms with E-state index in [1.165, 1.54) is 0 Å². The van der Waals surface area contributed by atoms with Crippen LogP contribution < -0.4 is 4.90 Å². The molecular formula is C20H20BrN3O. The molecule has 4 nitrogen and oxygen atoms in total. The molecule has 25 heavy (non-hydrogen) atoms. The van der Waals surface area contributed by atoms with E-state index in [1.54, 1.807) is 0 Å². The first-order valence-electron chi connectivity index (χ1n) is 8.53. The van der Waals surface area contributed by atoms with Gasteiger partial charge in [0.2, 0.25) is 5.95 Å². The Morgan fingerprint density at radius 2 is 1.72 bits per heavy atom. The van der Waals surface area contributed by atoms with Crippen molar-refractivity contribution >= 4 is 32.8 Å². The van der Waals surface area contributed by atoms with E-state index >= 15 is 0 Å². The van der Waals surface area contributed by atoms with Crippen molar-refractivity contribution in [3.05, 3.63) is 53.0 Å². The highest BCUT2D eigenvalue weighted by Crippen LogP contribution is 2.31. The Kier molecular flexibility index (Phi) is 4.44. The summed E-state index contributed by atoms with van der Waals surface area (Å²) in [5, 5.41) is 1.05. The first kappa shape index (κ1) is 16.5. The number of rotatable bonds is 2. The van der Waals surface area contributed by atoms with Crippen molar-refractivity contribution in [2.24, 2.45) is 0 Å². The number of aromatic nitrogens is 2. The Bertz CT molecular complexity index is 890. The third kappa shape index (κ3) is 3.39. The molecule has 0 N–H and O–H groups in total. The second-order valence-corrected chi connectivity index (χ2v) is 7.48. The minimum absolute atomic E-state index is 0.174. The van der Waals surface area contributed by atoms with Gasteiger partial charge in [-0.3, -0.25) is 0 Å². The quantitative estimate of drug-likeness (QED) is 0.629. The Hall–Kier alpha value is -1.98. The van der Waals surface area contributed by atoms with Crippen LogP contribution in [0.15, 0.2) is 53.0 Å². The van der Waals surface area contributed by atoms with Gasteiger partial charge < -0.3 is 9.64 Å². The molecule has 1 aliphatic rings. The van der Waals surface area contributed by atoms with E-state index in [-0.39, 0.29) is 12.2 Å². The van der Waals surface area contributed by atoms with Crippen molar-refractivity contribution in [1.82, 2.24) is 9.97 Å². The molecule has 1 saturated heterocycles. The van der Waals surface area contributed by atoms with Gasteiger partial charge in [0.15, 0.2) is 0 Å². The van der Waals surface area contributed by atoms with Crippen LogP contribution in [0.25, 0.3) is 22.2 Å². The molecule has 1 fully saturated rings. The smallest absolute Gasteiger partial charge is 0.226 e. The molecule has 1 aliphatic heterocycles. The molecule has 4 rings (SSSR count). The van der Waals surface area contributed by atoms with Crippen molar-refractivity contribution in [2.45, 2.75) is 26.1 Å². The molecule has 1 aromatic heterocycles. The lowest BCUT2D eigenvalue weighted by Gasteiger charge is -2.35. The van der Waals surface area contributed by atoms with E-state index in [4.69, 9.17) is 14.7 Å². The Labute approximate surface area is 156 Å². The maximum absolute atomic E-state index is 5.85. The number of benzene rings is 2. The first-order chi connectivity index (χ1) is 12.1. The molecule has 2 unspecified atom stereocenters. The average molecular weight is 398 g/mol. The highest BCUT2D eigenvalue weighted by atomic mass is 79.9. The summed E-state index contributed by atoms with van der Waals surface area (Å²) in [4.78, 5) is 12.0. The molecule has 0 aliphatic carbocycles.